The summed E-state index contributed by atoms with van der Waals surface area (Å²) in [7, 11) is 0. The fourth-order valence-corrected chi connectivity index (χ4v) is 6.13. The van der Waals surface area contributed by atoms with Gasteiger partial charge in [-0.1, -0.05) is 92.6 Å². The van der Waals surface area contributed by atoms with Gasteiger partial charge in [0.05, 0.1) is 16.7 Å². The molecule has 3 heterocycles. The van der Waals surface area contributed by atoms with Crippen LogP contribution in [0.5, 0.6) is 0 Å². The number of imidazole rings is 1. The van der Waals surface area contributed by atoms with E-state index in [0.29, 0.717) is 5.69 Å². The predicted molar refractivity (Wildman–Crippen MR) is 181 cm³/mol. The van der Waals surface area contributed by atoms with Gasteiger partial charge < -0.3 is 10.1 Å². The summed E-state index contributed by atoms with van der Waals surface area (Å²) in [5.41, 5.74) is 10.8. The molecule has 3 aromatic heterocycles. The van der Waals surface area contributed by atoms with Gasteiger partial charge in [0, 0.05) is 37.9 Å². The van der Waals surface area contributed by atoms with Crippen molar-refractivity contribution in [3.8, 4) is 39.5 Å². The van der Waals surface area contributed by atoms with Crippen molar-refractivity contribution in [3.05, 3.63) is 126 Å². The van der Waals surface area contributed by atoms with Crippen molar-refractivity contribution >= 4 is 27.9 Å². The minimum absolute atomic E-state index is 0. The summed E-state index contributed by atoms with van der Waals surface area (Å²) in [6.07, 6.45) is 1.84. The van der Waals surface area contributed by atoms with Gasteiger partial charge in [0.25, 0.3) is 0 Å². The second-order valence-electron chi connectivity index (χ2n) is 12.7. The molecule has 0 aliphatic carbocycles. The molecule has 7 aromatic rings. The van der Waals surface area contributed by atoms with Gasteiger partial charge in [-0.15, -0.1) is 5.52 Å². The van der Waals surface area contributed by atoms with Gasteiger partial charge in [0.1, 0.15) is 11.5 Å². The Morgan fingerprint density at radius 1 is 0.783 bits per heavy atom. The first-order valence-electron chi connectivity index (χ1n) is 15.0. The van der Waals surface area contributed by atoms with Crippen LogP contribution in [0.2, 0.25) is 0 Å². The molecule has 0 saturated heterocycles. The van der Waals surface area contributed by atoms with Crippen LogP contribution in [0.1, 0.15) is 48.0 Å². The van der Waals surface area contributed by atoms with E-state index in [2.05, 4.69) is 78.9 Å². The van der Waals surface area contributed by atoms with E-state index in [1.54, 1.807) is 6.07 Å². The fraction of sp³-hybridized carbons (Fsp3) is 0.154. The van der Waals surface area contributed by atoms with Crippen molar-refractivity contribution in [2.45, 2.75) is 40.0 Å². The second kappa shape index (κ2) is 11.8. The molecule has 0 fully saturated rings. The zero-order chi connectivity index (χ0) is 31.5. The second-order valence-corrected chi connectivity index (χ2v) is 12.7. The van der Waals surface area contributed by atoms with Crippen LogP contribution in [-0.2, 0) is 26.5 Å². The Morgan fingerprint density at radius 3 is 2.20 bits per heavy atom. The Labute approximate surface area is 282 Å². The molecule has 0 saturated carbocycles. The number of hydrogen-bond acceptors (Lipinski definition) is 3. The van der Waals surface area contributed by atoms with Crippen LogP contribution in [-0.4, -0.2) is 25.6 Å². The summed E-state index contributed by atoms with van der Waals surface area (Å²) >= 11 is 0. The molecule has 0 spiro atoms. The molecule has 46 heavy (non-hydrogen) atoms. The summed E-state index contributed by atoms with van der Waals surface area (Å²) in [5, 5.41) is 11.1. The van der Waals surface area contributed by atoms with Gasteiger partial charge in [-0.3, -0.25) is 4.57 Å². The molecule has 0 amide bonds. The monoisotopic (exact) mass is 784 g/mol. The molecule has 0 aliphatic rings. The first-order valence-corrected chi connectivity index (χ1v) is 15.0. The third kappa shape index (κ3) is 5.58. The summed E-state index contributed by atoms with van der Waals surface area (Å²) in [5.74, 6) is -0.309. The number of aromatic nitrogens is 4. The Balaban J connectivity index is 0.00000372. The summed E-state index contributed by atoms with van der Waals surface area (Å²) < 4.78 is 2.17. The minimum Gasteiger partial charge on any atom is -0.663 e. The van der Waals surface area contributed by atoms with Gasteiger partial charge in [0.2, 0.25) is 0 Å². The van der Waals surface area contributed by atoms with E-state index >= 15 is 0 Å². The molecule has 6 nitrogen and oxygen atoms in total. The van der Waals surface area contributed by atoms with Crippen molar-refractivity contribution in [1.29, 1.82) is 0 Å². The number of aryl methyl sites for hydroxylation is 2. The quantitative estimate of drug-likeness (QED) is 0.188. The molecule has 0 aliphatic heterocycles. The molecule has 0 bridgehead atoms. The number of pyridine rings is 1. The van der Waals surface area contributed by atoms with E-state index in [1.165, 1.54) is 5.56 Å². The first kappa shape index (κ1) is 31.2. The van der Waals surface area contributed by atoms with Crippen LogP contribution in [0, 0.1) is 13.8 Å². The van der Waals surface area contributed by atoms with Gasteiger partial charge in [0.15, 0.2) is 0 Å². The maximum absolute atomic E-state index is 12.3. The molecule has 0 radical (unpaired) electrons. The SMILES string of the molecule is Cc1cc(C)cc(-c2cc(C(=O)O)nc(-c3cccc4c3nc(-c3cc(C(C)(C)C)cc5cc[n-]c35)n4-c3ccccc3)c2)c1.[Pt]. The molecule has 0 atom stereocenters. The van der Waals surface area contributed by atoms with Crippen molar-refractivity contribution in [1.82, 2.24) is 19.5 Å². The van der Waals surface area contributed by atoms with E-state index in [1.807, 2.05) is 62.5 Å². The average molecular weight is 785 g/mol. The van der Waals surface area contributed by atoms with E-state index in [4.69, 9.17) is 9.97 Å². The maximum Gasteiger partial charge on any atom is 0.354 e. The number of nitrogens with zero attached hydrogens (tertiary/aromatic N) is 4. The number of carbonyl (C=O) groups is 1. The molecule has 1 N–H and O–H groups in total. The summed E-state index contributed by atoms with van der Waals surface area (Å²) in [6, 6.07) is 32.5. The maximum atomic E-state index is 12.3. The number of rotatable bonds is 5. The number of carboxylic acids is 1. The zero-order valence-electron chi connectivity index (χ0n) is 26.3. The van der Waals surface area contributed by atoms with E-state index in [9.17, 15) is 9.90 Å². The Hall–Kier alpha value is -4.80. The number of benzene rings is 4. The minimum atomic E-state index is -1.08. The molecule has 7 heteroatoms. The van der Waals surface area contributed by atoms with Crippen LogP contribution in [0.15, 0.2) is 103 Å². The third-order valence-corrected chi connectivity index (χ3v) is 8.28. The summed E-state index contributed by atoms with van der Waals surface area (Å²) in [6.45, 7) is 10.7. The van der Waals surface area contributed by atoms with Crippen molar-refractivity contribution in [3.63, 3.8) is 0 Å². The van der Waals surface area contributed by atoms with Crippen molar-refractivity contribution in [2.24, 2.45) is 0 Å². The van der Waals surface area contributed by atoms with Crippen LogP contribution < -0.4 is 4.98 Å². The molecule has 7 rings (SSSR count). The normalized spacial score (nSPS) is 11.6. The van der Waals surface area contributed by atoms with Crippen LogP contribution in [0.4, 0.5) is 0 Å². The van der Waals surface area contributed by atoms with Gasteiger partial charge in [-0.25, -0.2) is 14.8 Å². The average Bonchev–Trinajstić information content (AvgIpc) is 3.65. The predicted octanol–water partition coefficient (Wildman–Crippen LogP) is 9.14. The molecular weight excluding hydrogens is 752 g/mol. The summed E-state index contributed by atoms with van der Waals surface area (Å²) in [4.78, 5) is 27.0. The topological polar surface area (TPSA) is 82.1 Å². The number of para-hydroxylation sites is 2. The molecular formula is C39H33N4O2Pt-. The van der Waals surface area contributed by atoms with Gasteiger partial charge >= 0.3 is 5.97 Å². The van der Waals surface area contributed by atoms with Crippen LogP contribution >= 0.6 is 0 Å². The van der Waals surface area contributed by atoms with Crippen molar-refractivity contribution in [2.75, 3.05) is 0 Å². The fourth-order valence-electron chi connectivity index (χ4n) is 6.13. The zero-order valence-corrected chi connectivity index (χ0v) is 28.5. The molecule has 0 unspecified atom stereocenters. The van der Waals surface area contributed by atoms with E-state index in [-0.39, 0.29) is 32.2 Å². The smallest absolute Gasteiger partial charge is 0.354 e. The Bertz CT molecular complexity index is 2240. The van der Waals surface area contributed by atoms with E-state index in [0.717, 1.165) is 66.8 Å². The number of aromatic carboxylic acids is 1. The Morgan fingerprint density at radius 2 is 1.50 bits per heavy atom. The number of hydrogen-bond donors (Lipinski definition) is 1. The van der Waals surface area contributed by atoms with E-state index < -0.39 is 5.97 Å². The first-order chi connectivity index (χ1) is 21.6. The standard InChI is InChI=1S/C39H34N4O2.Pt/c1-23-16-24(2)18-26(17-23)27-20-32(41-33(21-27)38(44)45)30-12-9-13-34-36(30)42-37(43(34)29-10-7-6-8-11-29)31-22-28(39(3,4)5)19-25-14-15-40-35(25)31;/h6-22H,1-5H3,(H2,40,41,42,44,45);/p-1. The largest absolute Gasteiger partial charge is 0.663 e. The van der Waals surface area contributed by atoms with Crippen molar-refractivity contribution < 1.29 is 31.0 Å². The van der Waals surface area contributed by atoms with Gasteiger partial charge in [-0.2, -0.15) is 6.20 Å². The molecule has 4 aromatic carbocycles. The molecule has 232 valence electrons. The van der Waals surface area contributed by atoms with Gasteiger partial charge in [-0.05, 0) is 77.7 Å². The van der Waals surface area contributed by atoms with Crippen LogP contribution in [0.3, 0.4) is 0 Å². The number of fused-ring (bicyclic) bond motifs is 2. The number of carboxylic acid groups (broad SMARTS) is 1. The van der Waals surface area contributed by atoms with Crippen LogP contribution in [0.25, 0.3) is 61.4 Å². The Kier molecular flexibility index (Phi) is 8.03. The third-order valence-electron chi connectivity index (χ3n) is 8.28.